The Kier molecular flexibility index (Phi) is 4.98. The minimum Gasteiger partial charge on any atom is -0.326 e. The quantitative estimate of drug-likeness (QED) is 0.862. The Bertz CT molecular complexity index is 852. The van der Waals surface area contributed by atoms with Crippen molar-refractivity contribution in [1.29, 1.82) is 0 Å². The van der Waals surface area contributed by atoms with Gasteiger partial charge in [-0.2, -0.15) is 0 Å². The van der Waals surface area contributed by atoms with Gasteiger partial charge in [0.05, 0.1) is 0 Å². The number of fused-ring (bicyclic) bond motifs is 1. The molecule has 3 heteroatoms. The third-order valence-electron chi connectivity index (χ3n) is 5.07. The highest BCUT2D eigenvalue weighted by Crippen LogP contribution is 2.25. The first kappa shape index (κ1) is 16.8. The van der Waals surface area contributed by atoms with Crippen LogP contribution in [0.3, 0.4) is 0 Å². The van der Waals surface area contributed by atoms with Crippen LogP contribution in [-0.4, -0.2) is 18.5 Å². The van der Waals surface area contributed by atoms with E-state index >= 15 is 0 Å². The molecule has 1 amide bonds. The first-order chi connectivity index (χ1) is 12.8. The highest BCUT2D eigenvalue weighted by atomic mass is 16.1. The van der Waals surface area contributed by atoms with Crippen molar-refractivity contribution < 1.29 is 4.79 Å². The molecule has 26 heavy (non-hydrogen) atoms. The van der Waals surface area contributed by atoms with Crippen molar-refractivity contribution >= 4 is 23.2 Å². The normalized spacial score (nSPS) is 19.8. The zero-order valence-corrected chi connectivity index (χ0v) is 14.9. The second kappa shape index (κ2) is 7.71. The largest absolute Gasteiger partial charge is 0.326 e. The Balaban J connectivity index is 1.41. The molecule has 0 saturated heterocycles. The van der Waals surface area contributed by atoms with Crippen molar-refractivity contribution in [3.8, 4) is 0 Å². The van der Waals surface area contributed by atoms with Crippen LogP contribution in [0.15, 0.2) is 60.7 Å². The minimum atomic E-state index is 0.116. The van der Waals surface area contributed by atoms with E-state index in [1.807, 2.05) is 6.07 Å². The van der Waals surface area contributed by atoms with E-state index in [0.29, 0.717) is 12.5 Å². The highest BCUT2D eigenvalue weighted by Gasteiger charge is 2.15. The third-order valence-corrected chi connectivity index (χ3v) is 5.07. The minimum absolute atomic E-state index is 0.116. The van der Waals surface area contributed by atoms with Gasteiger partial charge in [-0.3, -0.25) is 4.79 Å². The molecule has 2 aliphatic rings. The van der Waals surface area contributed by atoms with Gasteiger partial charge in [0.15, 0.2) is 0 Å². The number of aryl methyl sites for hydroxylation is 1. The predicted octanol–water partition coefficient (Wildman–Crippen LogP) is 4.42. The summed E-state index contributed by atoms with van der Waals surface area (Å²) in [5.41, 5.74) is 6.16. The van der Waals surface area contributed by atoms with E-state index in [1.165, 1.54) is 22.3 Å². The molecule has 0 bridgehead atoms. The van der Waals surface area contributed by atoms with Crippen LogP contribution in [0.4, 0.5) is 5.69 Å². The average molecular weight is 344 g/mol. The first-order valence-corrected chi connectivity index (χ1v) is 9.37. The summed E-state index contributed by atoms with van der Waals surface area (Å²) in [5.74, 6) is 0.116. The van der Waals surface area contributed by atoms with Gasteiger partial charge < -0.3 is 10.6 Å². The number of carbonyl (C=O) groups is 1. The maximum atomic E-state index is 11.4. The molecule has 0 radical (unpaired) electrons. The van der Waals surface area contributed by atoms with Crippen molar-refractivity contribution in [3.63, 3.8) is 0 Å². The van der Waals surface area contributed by atoms with Gasteiger partial charge >= 0.3 is 0 Å². The number of anilines is 1. The molecule has 1 unspecified atom stereocenters. The molecule has 2 aromatic carbocycles. The topological polar surface area (TPSA) is 41.1 Å². The Morgan fingerprint density at radius 2 is 1.92 bits per heavy atom. The van der Waals surface area contributed by atoms with Gasteiger partial charge in [-0.25, -0.2) is 0 Å². The molecule has 2 aromatic rings. The summed E-state index contributed by atoms with van der Waals surface area (Å²) < 4.78 is 0. The van der Waals surface area contributed by atoms with Crippen molar-refractivity contribution in [2.24, 2.45) is 0 Å². The molecule has 132 valence electrons. The molecule has 0 saturated carbocycles. The molecule has 0 aromatic heterocycles. The number of nitrogens with one attached hydrogen (secondary N) is 2. The lowest BCUT2D eigenvalue weighted by molar-refractivity contribution is -0.116. The van der Waals surface area contributed by atoms with Crippen LogP contribution in [0, 0.1) is 0 Å². The van der Waals surface area contributed by atoms with Crippen LogP contribution < -0.4 is 10.6 Å². The van der Waals surface area contributed by atoms with E-state index in [2.05, 4.69) is 71.3 Å². The number of hydrogen-bond donors (Lipinski definition) is 2. The highest BCUT2D eigenvalue weighted by molar-refractivity contribution is 5.94. The van der Waals surface area contributed by atoms with Gasteiger partial charge in [0.25, 0.3) is 0 Å². The van der Waals surface area contributed by atoms with Crippen molar-refractivity contribution in [3.05, 3.63) is 77.4 Å². The fourth-order valence-electron chi connectivity index (χ4n) is 3.68. The average Bonchev–Trinajstić information content (AvgIpc) is 2.69. The fraction of sp³-hybridized carbons (Fsp3) is 0.261. The van der Waals surface area contributed by atoms with E-state index in [4.69, 9.17) is 0 Å². The smallest absolute Gasteiger partial charge is 0.224 e. The van der Waals surface area contributed by atoms with Gasteiger partial charge in [-0.05, 0) is 60.2 Å². The van der Waals surface area contributed by atoms with E-state index in [1.54, 1.807) is 0 Å². The van der Waals surface area contributed by atoms with E-state index in [0.717, 1.165) is 31.5 Å². The van der Waals surface area contributed by atoms with Crippen molar-refractivity contribution in [1.82, 2.24) is 5.32 Å². The molecule has 2 heterocycles. The first-order valence-electron chi connectivity index (χ1n) is 9.37. The van der Waals surface area contributed by atoms with Crippen LogP contribution >= 0.6 is 0 Å². The Morgan fingerprint density at radius 3 is 2.81 bits per heavy atom. The number of hydrogen-bond acceptors (Lipinski definition) is 2. The number of rotatable bonds is 4. The maximum Gasteiger partial charge on any atom is 0.224 e. The molecule has 0 aliphatic carbocycles. The van der Waals surface area contributed by atoms with Gasteiger partial charge in [0.1, 0.15) is 0 Å². The fourth-order valence-corrected chi connectivity index (χ4v) is 3.68. The number of benzene rings is 2. The van der Waals surface area contributed by atoms with Gasteiger partial charge in [-0.1, -0.05) is 54.6 Å². The van der Waals surface area contributed by atoms with Gasteiger partial charge in [-0.15, -0.1) is 0 Å². The van der Waals surface area contributed by atoms with Crippen LogP contribution in [0.5, 0.6) is 0 Å². The zero-order chi connectivity index (χ0) is 17.8. The molecule has 0 spiro atoms. The predicted molar refractivity (Wildman–Crippen MR) is 108 cm³/mol. The molecule has 2 aliphatic heterocycles. The Morgan fingerprint density at radius 1 is 1.04 bits per heavy atom. The van der Waals surface area contributed by atoms with E-state index < -0.39 is 0 Å². The summed E-state index contributed by atoms with van der Waals surface area (Å²) in [7, 11) is 0. The van der Waals surface area contributed by atoms with Crippen LogP contribution in [0.25, 0.3) is 11.6 Å². The lowest BCUT2D eigenvalue weighted by Crippen LogP contribution is -2.31. The standard InChI is InChI=1S/C23H24N2O/c26-23-12-10-20-15-17(9-11-22(20)25-23)5-4-8-21-16-19(13-14-24-21)18-6-2-1-3-7-18/h1-7,9,11,15-16,21,24H,8,10,12-14H2,(H,25,26)/b5-4+. The van der Waals surface area contributed by atoms with Crippen LogP contribution in [0.2, 0.25) is 0 Å². The van der Waals surface area contributed by atoms with E-state index in [9.17, 15) is 4.79 Å². The van der Waals surface area contributed by atoms with Crippen molar-refractivity contribution in [2.75, 3.05) is 11.9 Å². The second-order valence-electron chi connectivity index (χ2n) is 6.97. The molecule has 2 N–H and O–H groups in total. The summed E-state index contributed by atoms with van der Waals surface area (Å²) in [6, 6.07) is 17.3. The lowest BCUT2D eigenvalue weighted by atomic mass is 9.95. The zero-order valence-electron chi connectivity index (χ0n) is 14.9. The Hall–Kier alpha value is -2.65. The van der Waals surface area contributed by atoms with Gasteiger partial charge in [0, 0.05) is 18.2 Å². The number of amides is 1. The summed E-state index contributed by atoms with van der Waals surface area (Å²) >= 11 is 0. The van der Waals surface area contributed by atoms with E-state index in [-0.39, 0.29) is 5.91 Å². The molecule has 0 fully saturated rings. The molecule has 4 rings (SSSR count). The molecule has 3 nitrogen and oxygen atoms in total. The molecule has 1 atom stereocenters. The molecular weight excluding hydrogens is 320 g/mol. The Labute approximate surface area is 154 Å². The SMILES string of the molecule is O=C1CCc2cc(/C=C/CC3C=C(c4ccccc4)CCN3)ccc2N1. The lowest BCUT2D eigenvalue weighted by Gasteiger charge is -2.22. The maximum absolute atomic E-state index is 11.4. The summed E-state index contributed by atoms with van der Waals surface area (Å²) in [4.78, 5) is 11.4. The second-order valence-corrected chi connectivity index (χ2v) is 6.97. The monoisotopic (exact) mass is 344 g/mol. The van der Waals surface area contributed by atoms with Crippen molar-refractivity contribution in [2.45, 2.75) is 31.7 Å². The number of carbonyl (C=O) groups excluding carboxylic acids is 1. The van der Waals surface area contributed by atoms with Gasteiger partial charge in [0.2, 0.25) is 5.91 Å². The third kappa shape index (κ3) is 3.94. The van der Waals surface area contributed by atoms with Crippen LogP contribution in [0.1, 0.15) is 36.0 Å². The summed E-state index contributed by atoms with van der Waals surface area (Å²) in [6.45, 7) is 1.03. The summed E-state index contributed by atoms with van der Waals surface area (Å²) in [5, 5.41) is 6.52. The summed E-state index contributed by atoms with van der Waals surface area (Å²) in [6.07, 6.45) is 10.3. The molecular formula is C23H24N2O. The van der Waals surface area contributed by atoms with Crippen LogP contribution in [-0.2, 0) is 11.2 Å².